The van der Waals surface area contributed by atoms with Crippen molar-refractivity contribution in [1.82, 2.24) is 10.2 Å². The maximum Gasteiger partial charge on any atom is 0.409 e. The molecule has 140 valence electrons. The third-order valence-electron chi connectivity index (χ3n) is 4.49. The van der Waals surface area contributed by atoms with E-state index in [4.69, 9.17) is 9.57 Å². The van der Waals surface area contributed by atoms with Gasteiger partial charge in [0.15, 0.2) is 0 Å². The van der Waals surface area contributed by atoms with E-state index in [9.17, 15) is 14.0 Å². The molecule has 0 spiro atoms. The van der Waals surface area contributed by atoms with Crippen molar-refractivity contribution in [2.45, 2.75) is 38.3 Å². The van der Waals surface area contributed by atoms with Crippen LogP contribution in [0.5, 0.6) is 0 Å². The summed E-state index contributed by atoms with van der Waals surface area (Å²) in [4.78, 5) is 30.9. The first-order chi connectivity index (χ1) is 12.6. The van der Waals surface area contributed by atoms with E-state index in [-0.39, 0.29) is 23.9 Å². The fourth-order valence-electron chi connectivity index (χ4n) is 3.07. The van der Waals surface area contributed by atoms with Gasteiger partial charge in [-0.15, -0.1) is 0 Å². The van der Waals surface area contributed by atoms with Gasteiger partial charge in [0, 0.05) is 31.1 Å². The maximum absolute atomic E-state index is 13.3. The molecular formula is C18H22FN3O4. The molecule has 0 aliphatic carbocycles. The van der Waals surface area contributed by atoms with Crippen LogP contribution in [-0.4, -0.2) is 54.5 Å². The SMILES string of the molecule is CCOC(=O)N1CCC(NC(=O)C2CC(c3cccc(F)c3)=NO2)CC1. The number of hydrogen-bond acceptors (Lipinski definition) is 5. The molecule has 1 N–H and O–H groups in total. The standard InChI is InChI=1S/C18H22FN3O4/c1-2-25-18(24)22-8-6-14(7-9-22)20-17(23)16-11-15(21-26-16)12-4-3-5-13(19)10-12/h3-5,10,14,16H,2,6-9,11H2,1H3,(H,20,23). The van der Waals surface area contributed by atoms with Crippen LogP contribution >= 0.6 is 0 Å². The van der Waals surface area contributed by atoms with E-state index >= 15 is 0 Å². The second-order valence-corrected chi connectivity index (χ2v) is 6.32. The summed E-state index contributed by atoms with van der Waals surface area (Å²) in [6.45, 7) is 3.20. The van der Waals surface area contributed by atoms with Crippen LogP contribution in [-0.2, 0) is 14.4 Å². The number of halogens is 1. The van der Waals surface area contributed by atoms with E-state index in [2.05, 4.69) is 10.5 Å². The number of piperidine rings is 1. The third kappa shape index (κ3) is 4.30. The fraction of sp³-hybridized carbons (Fsp3) is 0.500. The highest BCUT2D eigenvalue weighted by molar-refractivity contribution is 6.04. The molecule has 0 aromatic heterocycles. The van der Waals surface area contributed by atoms with Gasteiger partial charge in [-0.3, -0.25) is 4.79 Å². The number of ether oxygens (including phenoxy) is 1. The summed E-state index contributed by atoms with van der Waals surface area (Å²) < 4.78 is 18.3. The Morgan fingerprint density at radius 3 is 2.85 bits per heavy atom. The van der Waals surface area contributed by atoms with Gasteiger partial charge < -0.3 is 19.8 Å². The van der Waals surface area contributed by atoms with Crippen LogP contribution in [0.15, 0.2) is 29.4 Å². The second kappa shape index (κ2) is 8.16. The Kier molecular flexibility index (Phi) is 5.70. The molecule has 1 fully saturated rings. The van der Waals surface area contributed by atoms with Crippen molar-refractivity contribution in [3.05, 3.63) is 35.6 Å². The Hall–Kier alpha value is -2.64. The Morgan fingerprint density at radius 1 is 1.38 bits per heavy atom. The summed E-state index contributed by atoms with van der Waals surface area (Å²) in [7, 11) is 0. The highest BCUT2D eigenvalue weighted by Crippen LogP contribution is 2.19. The lowest BCUT2D eigenvalue weighted by atomic mass is 10.0. The van der Waals surface area contributed by atoms with Crippen LogP contribution in [0, 0.1) is 5.82 Å². The number of benzene rings is 1. The maximum atomic E-state index is 13.3. The minimum atomic E-state index is -0.712. The average molecular weight is 363 g/mol. The molecule has 2 heterocycles. The summed E-state index contributed by atoms with van der Waals surface area (Å²) in [5, 5.41) is 6.86. The normalized spacial score (nSPS) is 20.3. The molecule has 1 aromatic rings. The molecule has 1 atom stereocenters. The number of carbonyl (C=O) groups is 2. The van der Waals surface area contributed by atoms with Gasteiger partial charge in [-0.1, -0.05) is 17.3 Å². The van der Waals surface area contributed by atoms with Gasteiger partial charge in [0.25, 0.3) is 5.91 Å². The zero-order valence-corrected chi connectivity index (χ0v) is 14.6. The lowest BCUT2D eigenvalue weighted by molar-refractivity contribution is -0.132. The number of likely N-dealkylation sites (tertiary alicyclic amines) is 1. The van der Waals surface area contributed by atoms with Crippen molar-refractivity contribution in [2.24, 2.45) is 5.16 Å². The first-order valence-corrected chi connectivity index (χ1v) is 8.77. The number of rotatable bonds is 4. The highest BCUT2D eigenvalue weighted by atomic mass is 19.1. The smallest absolute Gasteiger partial charge is 0.409 e. The molecule has 7 nitrogen and oxygen atoms in total. The Morgan fingerprint density at radius 2 is 2.15 bits per heavy atom. The number of carbonyl (C=O) groups excluding carboxylic acids is 2. The zero-order valence-electron chi connectivity index (χ0n) is 14.6. The topological polar surface area (TPSA) is 80.2 Å². The second-order valence-electron chi connectivity index (χ2n) is 6.32. The van der Waals surface area contributed by atoms with Crippen LogP contribution in [0.4, 0.5) is 9.18 Å². The van der Waals surface area contributed by atoms with Gasteiger partial charge >= 0.3 is 6.09 Å². The average Bonchev–Trinajstić information content (AvgIpc) is 3.13. The number of nitrogens with one attached hydrogen (secondary N) is 1. The third-order valence-corrected chi connectivity index (χ3v) is 4.49. The highest BCUT2D eigenvalue weighted by Gasteiger charge is 2.32. The Bertz CT molecular complexity index is 701. The van der Waals surface area contributed by atoms with Gasteiger partial charge in [-0.25, -0.2) is 9.18 Å². The van der Waals surface area contributed by atoms with Crippen molar-refractivity contribution in [3.8, 4) is 0 Å². The van der Waals surface area contributed by atoms with Crippen LogP contribution in [0.1, 0.15) is 31.7 Å². The lowest BCUT2D eigenvalue weighted by Gasteiger charge is -2.31. The molecule has 2 aliphatic rings. The molecule has 26 heavy (non-hydrogen) atoms. The van der Waals surface area contributed by atoms with Crippen LogP contribution in [0.2, 0.25) is 0 Å². The van der Waals surface area contributed by atoms with Crippen molar-refractivity contribution in [1.29, 1.82) is 0 Å². The summed E-state index contributed by atoms with van der Waals surface area (Å²) in [5.41, 5.74) is 1.17. The van der Waals surface area contributed by atoms with Crippen molar-refractivity contribution >= 4 is 17.7 Å². The fourth-order valence-corrected chi connectivity index (χ4v) is 3.07. The molecule has 8 heteroatoms. The van der Waals surface area contributed by atoms with Crippen molar-refractivity contribution < 1.29 is 23.6 Å². The number of oxime groups is 1. The zero-order chi connectivity index (χ0) is 18.5. The first-order valence-electron chi connectivity index (χ1n) is 8.77. The molecule has 0 saturated carbocycles. The first kappa shape index (κ1) is 18.2. The predicted octanol–water partition coefficient (Wildman–Crippen LogP) is 2.06. The summed E-state index contributed by atoms with van der Waals surface area (Å²) >= 11 is 0. The van der Waals surface area contributed by atoms with Gasteiger partial charge in [0.2, 0.25) is 6.10 Å². The molecule has 1 unspecified atom stereocenters. The predicted molar refractivity (Wildman–Crippen MR) is 92.2 cm³/mol. The molecule has 2 amide bonds. The summed E-state index contributed by atoms with van der Waals surface area (Å²) in [6, 6.07) is 6.03. The van der Waals surface area contributed by atoms with Crippen LogP contribution < -0.4 is 5.32 Å². The monoisotopic (exact) mass is 363 g/mol. The molecule has 0 radical (unpaired) electrons. The molecule has 1 saturated heterocycles. The minimum absolute atomic E-state index is 0.0185. The molecule has 3 rings (SSSR count). The Balaban J connectivity index is 1.46. The summed E-state index contributed by atoms with van der Waals surface area (Å²) in [6.07, 6.45) is 0.599. The van der Waals surface area contributed by atoms with Crippen LogP contribution in [0.3, 0.4) is 0 Å². The van der Waals surface area contributed by atoms with E-state index in [1.54, 1.807) is 24.0 Å². The van der Waals surface area contributed by atoms with Gasteiger partial charge in [-0.2, -0.15) is 0 Å². The number of hydrogen-bond donors (Lipinski definition) is 1. The molecule has 0 bridgehead atoms. The van der Waals surface area contributed by atoms with Gasteiger partial charge in [-0.05, 0) is 31.9 Å². The minimum Gasteiger partial charge on any atom is -0.450 e. The summed E-state index contributed by atoms with van der Waals surface area (Å²) in [5.74, 6) is -0.596. The van der Waals surface area contributed by atoms with Gasteiger partial charge in [0.1, 0.15) is 5.82 Å². The van der Waals surface area contributed by atoms with E-state index in [1.807, 2.05) is 0 Å². The molecular weight excluding hydrogens is 341 g/mol. The Labute approximate surface area is 151 Å². The molecule has 2 aliphatic heterocycles. The van der Waals surface area contributed by atoms with E-state index in [0.29, 0.717) is 50.2 Å². The number of nitrogens with zero attached hydrogens (tertiary/aromatic N) is 2. The van der Waals surface area contributed by atoms with E-state index in [0.717, 1.165) is 0 Å². The van der Waals surface area contributed by atoms with Crippen molar-refractivity contribution in [3.63, 3.8) is 0 Å². The number of amides is 2. The van der Waals surface area contributed by atoms with Crippen LogP contribution in [0.25, 0.3) is 0 Å². The van der Waals surface area contributed by atoms with E-state index in [1.165, 1.54) is 12.1 Å². The lowest BCUT2D eigenvalue weighted by Crippen LogP contribution is -2.49. The van der Waals surface area contributed by atoms with E-state index < -0.39 is 6.10 Å². The largest absolute Gasteiger partial charge is 0.450 e. The quantitative estimate of drug-likeness (QED) is 0.888. The van der Waals surface area contributed by atoms with Crippen molar-refractivity contribution in [2.75, 3.05) is 19.7 Å². The molecule has 1 aromatic carbocycles. The van der Waals surface area contributed by atoms with Gasteiger partial charge in [0.05, 0.1) is 12.3 Å².